The van der Waals surface area contributed by atoms with Gasteiger partial charge < -0.3 is 15.1 Å². The predicted octanol–water partition coefficient (Wildman–Crippen LogP) is 2.61. The van der Waals surface area contributed by atoms with Gasteiger partial charge >= 0.3 is 0 Å². The number of anilines is 2. The maximum Gasteiger partial charge on any atom is 0.274 e. The standard InChI is InChI=1S/C19H25N5O/c1-4-23-10-12-24(13-11-23)19(25)17-8-9-18(22-21-17)20-16-7-5-6-14(2)15(16)3/h5-9H,4,10-13H2,1-3H3,(H,20,22). The van der Waals surface area contributed by atoms with Crippen LogP contribution in [0, 0.1) is 13.8 Å². The molecule has 0 atom stereocenters. The minimum absolute atomic E-state index is 0.0402. The zero-order valence-corrected chi connectivity index (χ0v) is 15.1. The first kappa shape index (κ1) is 17.4. The molecule has 1 aromatic heterocycles. The van der Waals surface area contributed by atoms with Gasteiger partial charge in [-0.05, 0) is 49.7 Å². The topological polar surface area (TPSA) is 61.4 Å². The summed E-state index contributed by atoms with van der Waals surface area (Å²) in [6.45, 7) is 10.6. The molecule has 1 aliphatic heterocycles. The van der Waals surface area contributed by atoms with Crippen LogP contribution in [-0.2, 0) is 0 Å². The van der Waals surface area contributed by atoms with Crippen LogP contribution >= 0.6 is 0 Å². The molecule has 1 amide bonds. The summed E-state index contributed by atoms with van der Waals surface area (Å²) in [5, 5.41) is 11.6. The molecule has 0 spiro atoms. The smallest absolute Gasteiger partial charge is 0.274 e. The number of rotatable bonds is 4. The van der Waals surface area contributed by atoms with Gasteiger partial charge in [0.25, 0.3) is 5.91 Å². The molecule has 1 aliphatic rings. The van der Waals surface area contributed by atoms with Crippen molar-refractivity contribution in [2.45, 2.75) is 20.8 Å². The van der Waals surface area contributed by atoms with Crippen molar-refractivity contribution >= 4 is 17.4 Å². The Labute approximate surface area is 148 Å². The zero-order chi connectivity index (χ0) is 17.8. The predicted molar refractivity (Wildman–Crippen MR) is 99.2 cm³/mol. The number of piperazine rings is 1. The molecule has 0 aliphatic carbocycles. The van der Waals surface area contributed by atoms with E-state index in [4.69, 9.17) is 0 Å². The van der Waals surface area contributed by atoms with Crippen molar-refractivity contribution in [3.05, 3.63) is 47.2 Å². The molecule has 1 N–H and O–H groups in total. The van der Waals surface area contributed by atoms with E-state index in [1.54, 1.807) is 6.07 Å². The number of aromatic nitrogens is 2. The fourth-order valence-electron chi connectivity index (χ4n) is 2.97. The molecule has 25 heavy (non-hydrogen) atoms. The van der Waals surface area contributed by atoms with Crippen molar-refractivity contribution in [3.8, 4) is 0 Å². The van der Waals surface area contributed by atoms with Crippen molar-refractivity contribution in [2.75, 3.05) is 38.0 Å². The summed E-state index contributed by atoms with van der Waals surface area (Å²) in [7, 11) is 0. The fourth-order valence-corrected chi connectivity index (χ4v) is 2.97. The van der Waals surface area contributed by atoms with Gasteiger partial charge in [0, 0.05) is 31.9 Å². The van der Waals surface area contributed by atoms with Crippen LogP contribution in [-0.4, -0.2) is 58.6 Å². The third kappa shape index (κ3) is 3.96. The first-order chi connectivity index (χ1) is 12.1. The Morgan fingerprint density at radius 3 is 2.48 bits per heavy atom. The SMILES string of the molecule is CCN1CCN(C(=O)c2ccc(Nc3cccc(C)c3C)nn2)CC1. The number of hydrogen-bond donors (Lipinski definition) is 1. The maximum absolute atomic E-state index is 12.5. The second-order valence-electron chi connectivity index (χ2n) is 6.40. The van der Waals surface area contributed by atoms with Gasteiger partial charge in [0.1, 0.15) is 0 Å². The van der Waals surface area contributed by atoms with Crippen LogP contribution in [0.15, 0.2) is 30.3 Å². The second kappa shape index (κ2) is 7.61. The molecule has 0 bridgehead atoms. The first-order valence-electron chi connectivity index (χ1n) is 8.77. The van der Waals surface area contributed by atoms with Gasteiger partial charge in [-0.2, -0.15) is 0 Å². The van der Waals surface area contributed by atoms with Crippen molar-refractivity contribution in [1.29, 1.82) is 0 Å². The van der Waals surface area contributed by atoms with Crippen LogP contribution in [0.5, 0.6) is 0 Å². The van der Waals surface area contributed by atoms with Crippen molar-refractivity contribution in [2.24, 2.45) is 0 Å². The summed E-state index contributed by atoms with van der Waals surface area (Å²) in [5.74, 6) is 0.600. The number of benzene rings is 1. The Morgan fingerprint density at radius 2 is 1.84 bits per heavy atom. The maximum atomic E-state index is 12.5. The fraction of sp³-hybridized carbons (Fsp3) is 0.421. The molecule has 132 valence electrons. The third-order valence-electron chi connectivity index (χ3n) is 4.86. The van der Waals surface area contributed by atoms with Crippen molar-refractivity contribution < 1.29 is 4.79 Å². The largest absolute Gasteiger partial charge is 0.339 e. The number of nitrogens with one attached hydrogen (secondary N) is 1. The number of carbonyl (C=O) groups is 1. The Hall–Kier alpha value is -2.47. The molecule has 1 saturated heterocycles. The van der Waals surface area contributed by atoms with Crippen LogP contribution in [0.4, 0.5) is 11.5 Å². The molecular weight excluding hydrogens is 314 g/mol. The molecule has 2 heterocycles. The lowest BCUT2D eigenvalue weighted by Gasteiger charge is -2.33. The number of nitrogens with zero attached hydrogens (tertiary/aromatic N) is 4. The summed E-state index contributed by atoms with van der Waals surface area (Å²) < 4.78 is 0. The molecule has 0 saturated carbocycles. The highest BCUT2D eigenvalue weighted by atomic mass is 16.2. The van der Waals surface area contributed by atoms with E-state index in [-0.39, 0.29) is 5.91 Å². The summed E-state index contributed by atoms with van der Waals surface area (Å²) in [4.78, 5) is 16.7. The second-order valence-corrected chi connectivity index (χ2v) is 6.40. The molecule has 0 radical (unpaired) electrons. The van der Waals surface area contributed by atoms with E-state index >= 15 is 0 Å². The van der Waals surface area contributed by atoms with Gasteiger partial charge in [0.15, 0.2) is 11.5 Å². The average Bonchev–Trinajstić information content (AvgIpc) is 2.65. The molecule has 2 aromatic rings. The van der Waals surface area contributed by atoms with Crippen LogP contribution in [0.2, 0.25) is 0 Å². The highest BCUT2D eigenvalue weighted by molar-refractivity contribution is 5.92. The lowest BCUT2D eigenvalue weighted by atomic mass is 10.1. The quantitative estimate of drug-likeness (QED) is 0.928. The van der Waals surface area contributed by atoms with E-state index < -0.39 is 0 Å². The molecule has 3 rings (SSSR count). The average molecular weight is 339 g/mol. The van der Waals surface area contributed by atoms with Crippen LogP contribution in [0.3, 0.4) is 0 Å². The number of likely N-dealkylation sites (N-methyl/N-ethyl adjacent to an activating group) is 1. The van der Waals surface area contributed by atoms with Crippen LogP contribution in [0.1, 0.15) is 28.5 Å². The summed E-state index contributed by atoms with van der Waals surface area (Å²) in [6.07, 6.45) is 0. The Morgan fingerprint density at radius 1 is 1.08 bits per heavy atom. The van der Waals surface area contributed by atoms with E-state index in [0.29, 0.717) is 11.5 Å². The number of amides is 1. The Kier molecular flexibility index (Phi) is 5.28. The van der Waals surface area contributed by atoms with E-state index in [1.165, 1.54) is 11.1 Å². The van der Waals surface area contributed by atoms with Gasteiger partial charge in [-0.1, -0.05) is 19.1 Å². The lowest BCUT2D eigenvalue weighted by Crippen LogP contribution is -2.48. The Balaban J connectivity index is 1.66. The van der Waals surface area contributed by atoms with E-state index in [0.717, 1.165) is 38.4 Å². The lowest BCUT2D eigenvalue weighted by molar-refractivity contribution is 0.0636. The number of aryl methyl sites for hydroxylation is 1. The van der Waals surface area contributed by atoms with Gasteiger partial charge in [-0.25, -0.2) is 0 Å². The van der Waals surface area contributed by atoms with Gasteiger partial charge in [0.05, 0.1) is 0 Å². The first-order valence-corrected chi connectivity index (χ1v) is 8.77. The zero-order valence-electron chi connectivity index (χ0n) is 15.1. The van der Waals surface area contributed by atoms with Crippen LogP contribution < -0.4 is 5.32 Å². The summed E-state index contributed by atoms with van der Waals surface area (Å²) in [5.41, 5.74) is 3.80. The third-order valence-corrected chi connectivity index (χ3v) is 4.86. The molecular formula is C19H25N5O. The highest BCUT2D eigenvalue weighted by Gasteiger charge is 2.22. The van der Waals surface area contributed by atoms with E-state index in [9.17, 15) is 4.79 Å². The highest BCUT2D eigenvalue weighted by Crippen LogP contribution is 2.21. The number of carbonyl (C=O) groups excluding carboxylic acids is 1. The molecule has 1 aromatic carbocycles. The van der Waals surface area contributed by atoms with Gasteiger partial charge in [-0.3, -0.25) is 4.79 Å². The summed E-state index contributed by atoms with van der Waals surface area (Å²) in [6, 6.07) is 9.65. The van der Waals surface area contributed by atoms with Gasteiger partial charge in [0.2, 0.25) is 0 Å². The van der Waals surface area contributed by atoms with Crippen molar-refractivity contribution in [1.82, 2.24) is 20.0 Å². The normalized spacial score (nSPS) is 15.2. The minimum Gasteiger partial charge on any atom is -0.339 e. The van der Waals surface area contributed by atoms with E-state index in [1.807, 2.05) is 23.1 Å². The van der Waals surface area contributed by atoms with Crippen LogP contribution in [0.25, 0.3) is 0 Å². The minimum atomic E-state index is -0.0402. The summed E-state index contributed by atoms with van der Waals surface area (Å²) >= 11 is 0. The monoisotopic (exact) mass is 339 g/mol. The Bertz CT molecular complexity index is 736. The number of hydrogen-bond acceptors (Lipinski definition) is 5. The molecule has 6 heteroatoms. The van der Waals surface area contributed by atoms with E-state index in [2.05, 4.69) is 47.3 Å². The molecule has 1 fully saturated rings. The molecule has 0 unspecified atom stereocenters. The molecule has 6 nitrogen and oxygen atoms in total. The van der Waals surface area contributed by atoms with Crippen molar-refractivity contribution in [3.63, 3.8) is 0 Å². The van der Waals surface area contributed by atoms with Gasteiger partial charge in [-0.15, -0.1) is 10.2 Å².